The molecule has 2 atom stereocenters. The van der Waals surface area contributed by atoms with Crippen LogP contribution in [0.3, 0.4) is 0 Å². The van der Waals surface area contributed by atoms with E-state index in [1.54, 1.807) is 7.11 Å². The third-order valence-corrected chi connectivity index (χ3v) is 4.02. The number of carboxylic acids is 1. The lowest BCUT2D eigenvalue weighted by atomic mass is 9.86. The second-order valence-corrected chi connectivity index (χ2v) is 5.10. The largest absolute Gasteiger partial charge is 0.497 e. The van der Waals surface area contributed by atoms with Crippen molar-refractivity contribution >= 4 is 5.97 Å². The summed E-state index contributed by atoms with van der Waals surface area (Å²) >= 11 is 0. The highest BCUT2D eigenvalue weighted by Crippen LogP contribution is 2.42. The third-order valence-electron chi connectivity index (χ3n) is 4.02. The molecule has 3 nitrogen and oxygen atoms in total. The van der Waals surface area contributed by atoms with E-state index in [2.05, 4.69) is 0 Å². The fourth-order valence-electron chi connectivity index (χ4n) is 3.05. The molecule has 0 bridgehead atoms. The minimum Gasteiger partial charge on any atom is -0.497 e. The van der Waals surface area contributed by atoms with Gasteiger partial charge < -0.3 is 9.84 Å². The van der Waals surface area contributed by atoms with Gasteiger partial charge in [-0.15, -0.1) is 0 Å². The normalized spacial score (nSPS) is 20.4. The number of rotatable bonds is 3. The van der Waals surface area contributed by atoms with Crippen molar-refractivity contribution in [3.8, 4) is 5.75 Å². The fraction of sp³-hybridized carbons (Fsp3) is 0.235. The highest BCUT2D eigenvalue weighted by atomic mass is 16.5. The topological polar surface area (TPSA) is 46.5 Å². The van der Waals surface area contributed by atoms with Gasteiger partial charge in [0.25, 0.3) is 0 Å². The first-order valence-corrected chi connectivity index (χ1v) is 6.65. The molecule has 0 aromatic heterocycles. The van der Waals surface area contributed by atoms with Crippen LogP contribution in [0, 0.1) is 5.92 Å². The second-order valence-electron chi connectivity index (χ2n) is 5.10. The minimum absolute atomic E-state index is 0.0744. The van der Waals surface area contributed by atoms with E-state index >= 15 is 0 Å². The van der Waals surface area contributed by atoms with Crippen molar-refractivity contribution in [3.05, 3.63) is 65.2 Å². The van der Waals surface area contributed by atoms with Crippen LogP contribution in [-0.2, 0) is 11.2 Å². The van der Waals surface area contributed by atoms with Gasteiger partial charge in [0.15, 0.2) is 0 Å². The summed E-state index contributed by atoms with van der Waals surface area (Å²) in [5, 5.41) is 9.49. The van der Waals surface area contributed by atoms with Gasteiger partial charge in [-0.05, 0) is 35.2 Å². The number of benzene rings is 2. The highest BCUT2D eigenvalue weighted by Gasteiger charge is 2.37. The van der Waals surface area contributed by atoms with E-state index in [4.69, 9.17) is 4.74 Å². The molecule has 2 unspecified atom stereocenters. The summed E-state index contributed by atoms with van der Waals surface area (Å²) < 4.78 is 5.16. The highest BCUT2D eigenvalue weighted by molar-refractivity contribution is 5.75. The molecule has 102 valence electrons. The van der Waals surface area contributed by atoms with Crippen LogP contribution in [0.15, 0.2) is 48.5 Å². The quantitative estimate of drug-likeness (QED) is 0.930. The molecule has 0 fully saturated rings. The number of aliphatic carboxylic acids is 1. The van der Waals surface area contributed by atoms with E-state index in [0.29, 0.717) is 6.42 Å². The van der Waals surface area contributed by atoms with Crippen LogP contribution in [0.25, 0.3) is 0 Å². The SMILES string of the molecule is COc1ccc(C2c3ccccc3CC2C(=O)O)cc1. The third kappa shape index (κ3) is 2.05. The van der Waals surface area contributed by atoms with Crippen LogP contribution < -0.4 is 4.74 Å². The Morgan fingerprint density at radius 3 is 2.50 bits per heavy atom. The second kappa shape index (κ2) is 5.00. The molecule has 0 aliphatic heterocycles. The first kappa shape index (κ1) is 12.7. The molecule has 0 saturated heterocycles. The number of fused-ring (bicyclic) bond motifs is 1. The number of carbonyl (C=O) groups is 1. The molecule has 2 aromatic carbocycles. The Balaban J connectivity index is 2.05. The Morgan fingerprint density at radius 2 is 1.85 bits per heavy atom. The van der Waals surface area contributed by atoms with Crippen LogP contribution in [0.1, 0.15) is 22.6 Å². The standard InChI is InChI=1S/C17H16O3/c1-20-13-8-6-11(7-9-13)16-14-5-3-2-4-12(14)10-15(16)17(18)19/h2-9,15-16H,10H2,1H3,(H,18,19). The predicted octanol–water partition coefficient (Wildman–Crippen LogP) is 3.08. The lowest BCUT2D eigenvalue weighted by molar-refractivity contribution is -0.141. The van der Waals surface area contributed by atoms with Gasteiger partial charge in [0, 0.05) is 5.92 Å². The lowest BCUT2D eigenvalue weighted by Crippen LogP contribution is -2.19. The van der Waals surface area contributed by atoms with Crippen molar-refractivity contribution < 1.29 is 14.6 Å². The Morgan fingerprint density at radius 1 is 1.15 bits per heavy atom. The Hall–Kier alpha value is -2.29. The molecule has 0 spiro atoms. The molecule has 1 N–H and O–H groups in total. The fourth-order valence-corrected chi connectivity index (χ4v) is 3.05. The van der Waals surface area contributed by atoms with Crippen LogP contribution >= 0.6 is 0 Å². The number of hydrogen-bond acceptors (Lipinski definition) is 2. The van der Waals surface area contributed by atoms with Crippen molar-refractivity contribution in [2.75, 3.05) is 7.11 Å². The van der Waals surface area contributed by atoms with Gasteiger partial charge in [-0.3, -0.25) is 4.79 Å². The first-order chi connectivity index (χ1) is 9.70. The van der Waals surface area contributed by atoms with Gasteiger partial charge in [0.05, 0.1) is 13.0 Å². The molecule has 1 aliphatic rings. The van der Waals surface area contributed by atoms with Crippen LogP contribution in [0.4, 0.5) is 0 Å². The molecule has 0 radical (unpaired) electrons. The number of hydrogen-bond donors (Lipinski definition) is 1. The van der Waals surface area contributed by atoms with Gasteiger partial charge in [0.1, 0.15) is 5.75 Å². The molecular weight excluding hydrogens is 252 g/mol. The first-order valence-electron chi connectivity index (χ1n) is 6.65. The molecule has 3 rings (SSSR count). The van der Waals surface area contributed by atoms with E-state index in [1.165, 1.54) is 0 Å². The predicted molar refractivity (Wildman–Crippen MR) is 76.1 cm³/mol. The van der Waals surface area contributed by atoms with E-state index < -0.39 is 5.97 Å². The average molecular weight is 268 g/mol. The van der Waals surface area contributed by atoms with E-state index in [1.807, 2.05) is 48.5 Å². The van der Waals surface area contributed by atoms with Crippen LogP contribution in [-0.4, -0.2) is 18.2 Å². The minimum atomic E-state index is -0.734. The molecule has 20 heavy (non-hydrogen) atoms. The summed E-state index contributed by atoms with van der Waals surface area (Å²) in [7, 11) is 1.62. The summed E-state index contributed by atoms with van der Waals surface area (Å²) in [6.45, 7) is 0. The number of methoxy groups -OCH3 is 1. The summed E-state index contributed by atoms with van der Waals surface area (Å²) in [6, 6.07) is 15.7. The van der Waals surface area contributed by atoms with E-state index in [9.17, 15) is 9.90 Å². The number of ether oxygens (including phenoxy) is 1. The average Bonchev–Trinajstić information content (AvgIpc) is 2.87. The smallest absolute Gasteiger partial charge is 0.307 e. The molecule has 2 aromatic rings. The van der Waals surface area contributed by atoms with Crippen molar-refractivity contribution in [2.45, 2.75) is 12.3 Å². The summed E-state index contributed by atoms with van der Waals surface area (Å²) in [4.78, 5) is 11.6. The Kier molecular flexibility index (Phi) is 3.18. The lowest BCUT2D eigenvalue weighted by Gasteiger charge is -2.18. The molecule has 3 heteroatoms. The maximum Gasteiger partial charge on any atom is 0.307 e. The van der Waals surface area contributed by atoms with Gasteiger partial charge >= 0.3 is 5.97 Å². The van der Waals surface area contributed by atoms with Gasteiger partial charge in [-0.25, -0.2) is 0 Å². The summed E-state index contributed by atoms with van der Waals surface area (Å²) in [5.74, 6) is -0.413. The monoisotopic (exact) mass is 268 g/mol. The zero-order valence-electron chi connectivity index (χ0n) is 11.2. The van der Waals surface area contributed by atoms with Gasteiger partial charge in [-0.2, -0.15) is 0 Å². The molecule has 0 heterocycles. The molecular formula is C17H16O3. The van der Waals surface area contributed by atoms with Crippen LogP contribution in [0.5, 0.6) is 5.75 Å². The van der Waals surface area contributed by atoms with Crippen molar-refractivity contribution in [1.82, 2.24) is 0 Å². The van der Waals surface area contributed by atoms with Gasteiger partial charge in [-0.1, -0.05) is 36.4 Å². The van der Waals surface area contributed by atoms with E-state index in [0.717, 1.165) is 22.4 Å². The molecule has 0 amide bonds. The van der Waals surface area contributed by atoms with Gasteiger partial charge in [0.2, 0.25) is 0 Å². The summed E-state index contributed by atoms with van der Waals surface area (Å²) in [5.41, 5.74) is 3.30. The summed E-state index contributed by atoms with van der Waals surface area (Å²) in [6.07, 6.45) is 0.599. The van der Waals surface area contributed by atoms with Crippen molar-refractivity contribution in [3.63, 3.8) is 0 Å². The maximum absolute atomic E-state index is 11.6. The van der Waals surface area contributed by atoms with Crippen molar-refractivity contribution in [1.29, 1.82) is 0 Å². The van der Waals surface area contributed by atoms with Crippen LogP contribution in [0.2, 0.25) is 0 Å². The zero-order chi connectivity index (χ0) is 14.1. The Bertz CT molecular complexity index is 631. The number of carboxylic acid groups (broad SMARTS) is 1. The Labute approximate surface area is 117 Å². The molecule has 0 saturated carbocycles. The van der Waals surface area contributed by atoms with E-state index in [-0.39, 0.29) is 11.8 Å². The zero-order valence-corrected chi connectivity index (χ0v) is 11.2. The van der Waals surface area contributed by atoms with Crippen molar-refractivity contribution in [2.24, 2.45) is 5.92 Å². The molecule has 1 aliphatic carbocycles. The maximum atomic E-state index is 11.6.